The number of carbonyl (C=O) groups is 1. The van der Waals surface area contributed by atoms with E-state index in [1.54, 1.807) is 6.08 Å². The number of rotatable bonds is 4. The molecule has 0 heterocycles. The quantitative estimate of drug-likeness (QED) is 0.341. The molecule has 0 atom stereocenters. The highest BCUT2D eigenvalue weighted by Gasteiger charge is 1.96. The minimum absolute atomic E-state index is 0.0806. The van der Waals surface area contributed by atoms with Crippen molar-refractivity contribution in [2.75, 3.05) is 0 Å². The lowest BCUT2D eigenvalue weighted by Crippen LogP contribution is -1.92. The van der Waals surface area contributed by atoms with Gasteiger partial charge in [0.1, 0.15) is 5.70 Å². The van der Waals surface area contributed by atoms with Crippen LogP contribution in [0.1, 0.15) is 6.92 Å². The van der Waals surface area contributed by atoms with Crippen molar-refractivity contribution in [3.05, 3.63) is 37.1 Å². The number of allylic oxidation sites excluding steroid dienone is 4. The number of ketones is 1. The van der Waals surface area contributed by atoms with E-state index < -0.39 is 0 Å². The van der Waals surface area contributed by atoms with Crippen LogP contribution in [0.25, 0.3) is 0 Å². The van der Waals surface area contributed by atoms with Crippen LogP contribution in [-0.4, -0.2) is 12.0 Å². The van der Waals surface area contributed by atoms with Gasteiger partial charge >= 0.3 is 0 Å². The van der Waals surface area contributed by atoms with Crippen LogP contribution >= 0.6 is 0 Å². The summed E-state index contributed by atoms with van der Waals surface area (Å²) in [4.78, 5) is 14.6. The summed E-state index contributed by atoms with van der Waals surface area (Å²) in [6.07, 6.45) is 6.07. The predicted molar refractivity (Wildman–Crippen MR) is 47.7 cm³/mol. The van der Waals surface area contributed by atoms with Gasteiger partial charge in [-0.2, -0.15) is 0 Å². The molecule has 11 heavy (non-hydrogen) atoms. The van der Waals surface area contributed by atoms with Crippen LogP contribution in [0, 0.1) is 0 Å². The van der Waals surface area contributed by atoms with Crippen molar-refractivity contribution in [1.82, 2.24) is 0 Å². The Bertz CT molecular complexity index is 224. The number of hydrogen-bond donors (Lipinski definition) is 0. The number of nitrogens with zero attached hydrogens (tertiary/aromatic N) is 1. The van der Waals surface area contributed by atoms with E-state index in [0.29, 0.717) is 5.70 Å². The summed E-state index contributed by atoms with van der Waals surface area (Å²) in [6.45, 7) is 8.36. The molecule has 0 saturated heterocycles. The molecule has 2 nitrogen and oxygen atoms in total. The molecule has 0 aromatic carbocycles. The highest BCUT2D eigenvalue weighted by molar-refractivity contribution is 5.95. The first-order valence-electron chi connectivity index (χ1n) is 3.21. The van der Waals surface area contributed by atoms with Crippen molar-refractivity contribution in [2.24, 2.45) is 4.99 Å². The van der Waals surface area contributed by atoms with Crippen LogP contribution in [0.2, 0.25) is 0 Å². The highest BCUT2D eigenvalue weighted by atomic mass is 16.1. The molecule has 0 aliphatic rings. The zero-order chi connectivity index (χ0) is 8.69. The zero-order valence-electron chi connectivity index (χ0n) is 6.58. The summed E-state index contributed by atoms with van der Waals surface area (Å²) in [5, 5.41) is 0. The Morgan fingerprint density at radius 3 is 2.36 bits per heavy atom. The van der Waals surface area contributed by atoms with Crippen molar-refractivity contribution < 1.29 is 4.79 Å². The van der Waals surface area contributed by atoms with E-state index in [4.69, 9.17) is 0 Å². The molecule has 0 unspecified atom stereocenters. The summed E-state index contributed by atoms with van der Waals surface area (Å²) in [6, 6.07) is 0. The Kier molecular flexibility index (Phi) is 4.65. The van der Waals surface area contributed by atoms with Crippen LogP contribution in [0.3, 0.4) is 0 Å². The lowest BCUT2D eigenvalue weighted by Gasteiger charge is -1.90. The summed E-state index contributed by atoms with van der Waals surface area (Å²) >= 11 is 0. The van der Waals surface area contributed by atoms with Crippen molar-refractivity contribution in [3.63, 3.8) is 0 Å². The molecule has 0 spiro atoms. The first-order valence-corrected chi connectivity index (χ1v) is 3.21. The first-order chi connectivity index (χ1) is 5.22. The number of aliphatic imine (C=N–C) groups is 1. The highest BCUT2D eigenvalue weighted by Crippen LogP contribution is 1.97. The van der Waals surface area contributed by atoms with E-state index in [1.807, 2.05) is 0 Å². The Labute approximate surface area is 66.6 Å². The fraction of sp³-hybridized carbons (Fsp3) is 0.111. The summed E-state index contributed by atoms with van der Waals surface area (Å²) in [5.74, 6) is -0.0806. The molecular weight excluding hydrogens is 138 g/mol. The Balaban J connectivity index is 4.47. The molecular formula is C9H11NO. The maximum atomic E-state index is 10.8. The van der Waals surface area contributed by atoms with Gasteiger partial charge in [-0.3, -0.25) is 9.79 Å². The Hall–Kier alpha value is -1.44. The third-order valence-electron chi connectivity index (χ3n) is 0.955. The van der Waals surface area contributed by atoms with Crippen LogP contribution < -0.4 is 0 Å². The molecule has 0 fully saturated rings. The topological polar surface area (TPSA) is 29.4 Å². The van der Waals surface area contributed by atoms with Crippen LogP contribution in [-0.2, 0) is 4.79 Å². The maximum Gasteiger partial charge on any atom is 0.178 e. The fourth-order valence-corrected chi connectivity index (χ4v) is 0.496. The minimum Gasteiger partial charge on any atom is -0.293 e. The average Bonchev–Trinajstić information content (AvgIpc) is 1.97. The molecule has 0 aromatic rings. The average molecular weight is 149 g/mol. The largest absolute Gasteiger partial charge is 0.293 e. The van der Waals surface area contributed by atoms with Crippen molar-refractivity contribution >= 4 is 12.0 Å². The van der Waals surface area contributed by atoms with Crippen molar-refractivity contribution in [2.45, 2.75) is 6.92 Å². The van der Waals surface area contributed by atoms with E-state index in [9.17, 15) is 4.79 Å². The van der Waals surface area contributed by atoms with Crippen molar-refractivity contribution in [1.29, 1.82) is 0 Å². The Morgan fingerprint density at radius 2 is 2.00 bits per heavy atom. The van der Waals surface area contributed by atoms with Gasteiger partial charge in [0, 0.05) is 13.1 Å². The van der Waals surface area contributed by atoms with Gasteiger partial charge in [-0.15, -0.1) is 0 Å². The molecule has 0 bridgehead atoms. The van der Waals surface area contributed by atoms with E-state index >= 15 is 0 Å². The third kappa shape index (κ3) is 4.03. The minimum atomic E-state index is -0.0806. The SMILES string of the molecule is C=CC=N/C(=C\C=C)C(C)=O. The molecule has 2 heteroatoms. The second-order valence-corrected chi connectivity index (χ2v) is 1.86. The predicted octanol–water partition coefficient (Wildman–Crippen LogP) is 1.90. The molecule has 0 rings (SSSR count). The van der Waals surface area contributed by atoms with Crippen LogP contribution in [0.15, 0.2) is 42.1 Å². The van der Waals surface area contributed by atoms with Gasteiger partial charge in [-0.05, 0) is 6.08 Å². The van der Waals surface area contributed by atoms with E-state index in [0.717, 1.165) is 0 Å². The molecule has 0 aromatic heterocycles. The molecule has 0 N–H and O–H groups in total. The fourth-order valence-electron chi connectivity index (χ4n) is 0.496. The number of hydrogen-bond acceptors (Lipinski definition) is 2. The number of Topliss-reactive ketones (excluding diaryl/α,β-unsaturated/α-hetero) is 1. The molecule has 0 saturated carbocycles. The van der Waals surface area contributed by atoms with Gasteiger partial charge in [0.15, 0.2) is 5.78 Å². The van der Waals surface area contributed by atoms with Gasteiger partial charge in [-0.1, -0.05) is 25.3 Å². The van der Waals surface area contributed by atoms with E-state index in [-0.39, 0.29) is 5.78 Å². The second kappa shape index (κ2) is 5.35. The lowest BCUT2D eigenvalue weighted by molar-refractivity contribution is -0.113. The number of carbonyl (C=O) groups excluding carboxylic acids is 1. The monoisotopic (exact) mass is 149 g/mol. The normalized spacial score (nSPS) is 11.5. The lowest BCUT2D eigenvalue weighted by atomic mass is 10.3. The second-order valence-electron chi connectivity index (χ2n) is 1.86. The first kappa shape index (κ1) is 9.56. The van der Waals surface area contributed by atoms with Gasteiger partial charge in [0.2, 0.25) is 0 Å². The van der Waals surface area contributed by atoms with E-state index in [2.05, 4.69) is 18.2 Å². The standard InChI is InChI=1S/C9H11NO/c1-4-6-9(8(3)11)10-7-5-2/h4-7H,1-2H2,3H3/b9-6-,10-7?. The van der Waals surface area contributed by atoms with E-state index in [1.165, 1.54) is 25.3 Å². The summed E-state index contributed by atoms with van der Waals surface area (Å²) in [7, 11) is 0. The van der Waals surface area contributed by atoms with Gasteiger partial charge in [0.05, 0.1) is 0 Å². The molecule has 0 amide bonds. The summed E-state index contributed by atoms with van der Waals surface area (Å²) < 4.78 is 0. The third-order valence-corrected chi connectivity index (χ3v) is 0.955. The zero-order valence-corrected chi connectivity index (χ0v) is 6.58. The molecule has 58 valence electrons. The molecule has 0 aliphatic carbocycles. The summed E-state index contributed by atoms with van der Waals surface area (Å²) in [5.41, 5.74) is 0.389. The van der Waals surface area contributed by atoms with Crippen LogP contribution in [0.4, 0.5) is 0 Å². The smallest absolute Gasteiger partial charge is 0.178 e. The van der Waals surface area contributed by atoms with Crippen molar-refractivity contribution in [3.8, 4) is 0 Å². The van der Waals surface area contributed by atoms with Crippen LogP contribution in [0.5, 0.6) is 0 Å². The van der Waals surface area contributed by atoms with Gasteiger partial charge < -0.3 is 0 Å². The maximum absolute atomic E-state index is 10.8. The Morgan fingerprint density at radius 1 is 1.36 bits per heavy atom. The van der Waals surface area contributed by atoms with Gasteiger partial charge in [-0.25, -0.2) is 0 Å². The molecule has 0 aliphatic heterocycles. The molecule has 0 radical (unpaired) electrons. The van der Waals surface area contributed by atoms with Gasteiger partial charge in [0.25, 0.3) is 0 Å².